The molecule has 2 aromatic carbocycles. The number of benzene rings is 2. The van der Waals surface area contributed by atoms with Crippen LogP contribution in [-0.4, -0.2) is 31.6 Å². The van der Waals surface area contributed by atoms with Crippen molar-refractivity contribution in [2.24, 2.45) is 5.41 Å². The van der Waals surface area contributed by atoms with Crippen molar-refractivity contribution in [3.63, 3.8) is 0 Å². The zero-order valence-electron chi connectivity index (χ0n) is 17.9. The van der Waals surface area contributed by atoms with Crippen LogP contribution in [0.4, 0.5) is 4.39 Å². The van der Waals surface area contributed by atoms with Crippen molar-refractivity contribution in [1.82, 2.24) is 9.78 Å². The van der Waals surface area contributed by atoms with E-state index < -0.39 is 17.0 Å². The summed E-state index contributed by atoms with van der Waals surface area (Å²) in [6.07, 6.45) is 7.02. The Bertz CT molecular complexity index is 1230. The fourth-order valence-electron chi connectivity index (χ4n) is 5.41. The Morgan fingerprint density at radius 3 is 2.69 bits per heavy atom. The first-order valence-corrected chi connectivity index (χ1v) is 10.9. The Balaban J connectivity index is 1.44. The number of hydrogen-bond donors (Lipinski definition) is 2. The van der Waals surface area contributed by atoms with Gasteiger partial charge >= 0.3 is 5.97 Å². The number of carboxylic acids is 1. The zero-order chi connectivity index (χ0) is 22.5. The van der Waals surface area contributed by atoms with Crippen molar-refractivity contribution in [2.45, 2.75) is 44.6 Å². The average molecular weight is 432 g/mol. The Kier molecular flexibility index (Phi) is 4.78. The number of halogens is 1. The molecule has 0 bridgehead atoms. The summed E-state index contributed by atoms with van der Waals surface area (Å²) in [4.78, 5) is 11.6. The normalized spacial score (nSPS) is 24.0. The topological polar surface area (TPSA) is 75.3 Å². The van der Waals surface area contributed by atoms with Gasteiger partial charge in [-0.15, -0.1) is 0 Å². The van der Waals surface area contributed by atoms with E-state index in [1.165, 1.54) is 17.7 Å². The first-order valence-electron chi connectivity index (χ1n) is 10.9. The second kappa shape index (κ2) is 7.41. The number of rotatable bonds is 5. The van der Waals surface area contributed by atoms with E-state index in [1.54, 1.807) is 24.3 Å². The third-order valence-corrected chi connectivity index (χ3v) is 7.41. The van der Waals surface area contributed by atoms with Crippen LogP contribution in [0.25, 0.3) is 11.8 Å². The van der Waals surface area contributed by atoms with Gasteiger partial charge in [0.25, 0.3) is 0 Å². The monoisotopic (exact) mass is 432 g/mol. The minimum Gasteiger partial charge on any atom is -0.478 e. The molecule has 1 heterocycles. The van der Waals surface area contributed by atoms with Crippen LogP contribution < -0.4 is 0 Å². The third-order valence-electron chi connectivity index (χ3n) is 7.41. The van der Waals surface area contributed by atoms with E-state index in [9.17, 15) is 19.4 Å². The lowest BCUT2D eigenvalue weighted by molar-refractivity contribution is -0.0462. The summed E-state index contributed by atoms with van der Waals surface area (Å²) >= 11 is 0. The molecule has 0 spiro atoms. The predicted molar refractivity (Wildman–Crippen MR) is 119 cm³/mol. The Morgan fingerprint density at radius 2 is 1.94 bits per heavy atom. The Labute approximate surface area is 185 Å². The van der Waals surface area contributed by atoms with Gasteiger partial charge in [0.1, 0.15) is 5.82 Å². The molecule has 5 rings (SSSR count). The number of hydrogen-bond acceptors (Lipinski definition) is 3. The minimum atomic E-state index is -0.943. The number of aryl methyl sites for hydroxylation is 1. The summed E-state index contributed by atoms with van der Waals surface area (Å²) in [5, 5.41) is 25.8. The largest absolute Gasteiger partial charge is 0.478 e. The van der Waals surface area contributed by atoms with Crippen LogP contribution in [0.1, 0.15) is 53.4 Å². The van der Waals surface area contributed by atoms with Crippen LogP contribution in [0.3, 0.4) is 0 Å². The number of aliphatic hydroxyl groups is 1. The standard InChI is InChI=1S/C26H25FN2O3/c1-25-15-18-16-28-29(21-8-6-20(27)7-9-21)23(18)14-19(25)11-13-26(25,32)12-10-17-4-2-3-5-22(17)24(30)31/h2-9,14,16,32H,10-13,15H2,1H3,(H,30,31)/t25?,26-/m0/s1. The van der Waals surface area contributed by atoms with Crippen LogP contribution >= 0.6 is 0 Å². The molecule has 164 valence electrons. The predicted octanol–water partition coefficient (Wildman–Crippen LogP) is 4.81. The Hall–Kier alpha value is -3.25. The van der Waals surface area contributed by atoms with Crippen LogP contribution in [0, 0.1) is 11.2 Å². The lowest BCUT2D eigenvalue weighted by Gasteiger charge is -2.42. The highest BCUT2D eigenvalue weighted by molar-refractivity contribution is 5.89. The molecule has 6 heteroatoms. The molecule has 2 N–H and O–H groups in total. The smallest absolute Gasteiger partial charge is 0.335 e. The second-order valence-electron chi connectivity index (χ2n) is 9.12. The summed E-state index contributed by atoms with van der Waals surface area (Å²) < 4.78 is 15.2. The van der Waals surface area contributed by atoms with Gasteiger partial charge in [-0.25, -0.2) is 13.9 Å². The molecule has 1 fully saturated rings. The van der Waals surface area contributed by atoms with Crippen molar-refractivity contribution in [3.8, 4) is 5.69 Å². The van der Waals surface area contributed by atoms with Crippen LogP contribution in [0.15, 0.2) is 60.3 Å². The lowest BCUT2D eigenvalue weighted by Crippen LogP contribution is -2.45. The molecule has 1 aromatic heterocycles. The summed E-state index contributed by atoms with van der Waals surface area (Å²) in [5.74, 6) is -1.23. The van der Waals surface area contributed by atoms with Gasteiger partial charge in [0.15, 0.2) is 0 Å². The minimum absolute atomic E-state index is 0.286. The van der Waals surface area contributed by atoms with Crippen molar-refractivity contribution in [3.05, 3.63) is 88.5 Å². The van der Waals surface area contributed by atoms with Crippen LogP contribution in [0.5, 0.6) is 0 Å². The molecule has 2 aliphatic carbocycles. The number of fused-ring (bicyclic) bond motifs is 2. The summed E-state index contributed by atoms with van der Waals surface area (Å²) in [5.41, 5.74) is 3.68. The van der Waals surface area contributed by atoms with Gasteiger partial charge in [-0.2, -0.15) is 5.10 Å². The van der Waals surface area contributed by atoms with Gasteiger partial charge in [0.2, 0.25) is 0 Å². The van der Waals surface area contributed by atoms with Gasteiger partial charge in [-0.3, -0.25) is 0 Å². The highest BCUT2D eigenvalue weighted by atomic mass is 19.1. The average Bonchev–Trinajstić information content (AvgIpc) is 3.29. The van der Waals surface area contributed by atoms with E-state index in [0.717, 1.165) is 28.9 Å². The number of nitrogens with zero attached hydrogens (tertiary/aromatic N) is 2. The SMILES string of the molecule is CC12Cc3cnn(-c4ccc(F)cc4)c3C=C1CC[C@@]2(O)CCc1ccccc1C(=O)O. The number of aromatic nitrogens is 2. The van der Waals surface area contributed by atoms with Crippen LogP contribution in [-0.2, 0) is 12.8 Å². The molecule has 5 nitrogen and oxygen atoms in total. The third kappa shape index (κ3) is 3.17. The first kappa shape index (κ1) is 20.6. The molecule has 0 aliphatic heterocycles. The van der Waals surface area contributed by atoms with E-state index in [0.29, 0.717) is 31.2 Å². The molecule has 32 heavy (non-hydrogen) atoms. The Morgan fingerprint density at radius 1 is 1.19 bits per heavy atom. The maximum atomic E-state index is 13.3. The molecule has 0 radical (unpaired) electrons. The van der Waals surface area contributed by atoms with Gasteiger partial charge in [0.05, 0.1) is 28.7 Å². The molecule has 2 atom stereocenters. The molecular formula is C26H25FN2O3. The van der Waals surface area contributed by atoms with E-state index in [2.05, 4.69) is 18.1 Å². The maximum absolute atomic E-state index is 13.3. The van der Waals surface area contributed by atoms with Gasteiger partial charge < -0.3 is 10.2 Å². The fraction of sp³-hybridized carbons (Fsp3) is 0.308. The van der Waals surface area contributed by atoms with E-state index in [-0.39, 0.29) is 5.82 Å². The first-order chi connectivity index (χ1) is 15.3. The number of carboxylic acid groups (broad SMARTS) is 1. The van der Waals surface area contributed by atoms with Gasteiger partial charge in [0, 0.05) is 5.41 Å². The highest BCUT2D eigenvalue weighted by Gasteiger charge is 2.54. The molecular weight excluding hydrogens is 407 g/mol. The molecule has 1 unspecified atom stereocenters. The summed E-state index contributed by atoms with van der Waals surface area (Å²) in [6, 6.07) is 13.3. The van der Waals surface area contributed by atoms with Crippen LogP contribution in [0.2, 0.25) is 0 Å². The molecule has 2 aliphatic rings. The van der Waals surface area contributed by atoms with Crippen molar-refractivity contribution < 1.29 is 19.4 Å². The quantitative estimate of drug-likeness (QED) is 0.607. The molecule has 1 saturated carbocycles. The van der Waals surface area contributed by atoms with Gasteiger partial charge in [-0.1, -0.05) is 30.7 Å². The molecule has 0 amide bonds. The van der Waals surface area contributed by atoms with E-state index in [4.69, 9.17) is 0 Å². The van der Waals surface area contributed by atoms with Gasteiger partial charge in [-0.05, 0) is 79.6 Å². The van der Waals surface area contributed by atoms with Crippen molar-refractivity contribution in [2.75, 3.05) is 0 Å². The maximum Gasteiger partial charge on any atom is 0.335 e. The summed E-state index contributed by atoms with van der Waals surface area (Å²) in [7, 11) is 0. The van der Waals surface area contributed by atoms with Crippen molar-refractivity contribution >= 4 is 12.0 Å². The van der Waals surface area contributed by atoms with E-state index in [1.807, 2.05) is 23.0 Å². The fourth-order valence-corrected chi connectivity index (χ4v) is 5.41. The second-order valence-corrected chi connectivity index (χ2v) is 9.12. The summed E-state index contributed by atoms with van der Waals surface area (Å²) in [6.45, 7) is 2.10. The zero-order valence-corrected chi connectivity index (χ0v) is 17.9. The lowest BCUT2D eigenvalue weighted by atomic mass is 9.65. The molecule has 3 aromatic rings. The molecule has 0 saturated heterocycles. The van der Waals surface area contributed by atoms with Crippen molar-refractivity contribution in [1.29, 1.82) is 0 Å². The number of aromatic carboxylic acids is 1. The van der Waals surface area contributed by atoms with E-state index >= 15 is 0 Å². The highest BCUT2D eigenvalue weighted by Crippen LogP contribution is 2.56. The number of carbonyl (C=O) groups is 1.